The molecule has 4 rings (SSSR count). The summed E-state index contributed by atoms with van der Waals surface area (Å²) in [6.07, 6.45) is 5.91. The fourth-order valence-electron chi connectivity index (χ4n) is 5.10. The molecule has 0 bridgehead atoms. The van der Waals surface area contributed by atoms with Crippen LogP contribution in [0, 0.1) is 11.9 Å². The average Bonchev–Trinajstić information content (AvgIpc) is 3.02. The predicted molar refractivity (Wildman–Crippen MR) is 125 cm³/mol. The van der Waals surface area contributed by atoms with Gasteiger partial charge in [0.25, 0.3) is 6.43 Å². The highest BCUT2D eigenvalue weighted by Gasteiger charge is 2.24. The number of halogens is 3. The molecule has 1 N–H and O–H groups in total. The molecule has 1 aliphatic heterocycles. The molecule has 0 saturated heterocycles. The number of hydrogen-bond acceptors (Lipinski definition) is 5. The molecule has 0 unspecified atom stereocenters. The second kappa shape index (κ2) is 11.9. The molecule has 0 spiro atoms. The van der Waals surface area contributed by atoms with Gasteiger partial charge in [0.1, 0.15) is 0 Å². The molecule has 1 fully saturated rings. The highest BCUT2D eigenvalue weighted by atomic mass is 19.3. The van der Waals surface area contributed by atoms with E-state index in [9.17, 15) is 18.0 Å². The number of aryl methyl sites for hydroxylation is 1. The first-order valence-electron chi connectivity index (χ1n) is 12.4. The highest BCUT2D eigenvalue weighted by Crippen LogP contribution is 2.28. The third-order valence-electron chi connectivity index (χ3n) is 7.03. The standard InChI is InChI=1S/C25H34F3N5O2/c1-32-15-19(25(28)31-32)14-23(34)29-20-5-2-17(3-6-20)8-11-33-12-9-18-4-7-24(35-16-22(26)27)30-21(18)10-13-33/h4,7,15,17,20,22H,2-3,5-6,8-14,16H2,1H3,(H,29,34). The van der Waals surface area contributed by atoms with Crippen molar-refractivity contribution in [3.05, 3.63) is 41.1 Å². The lowest BCUT2D eigenvalue weighted by Gasteiger charge is -2.30. The number of rotatable bonds is 9. The van der Waals surface area contributed by atoms with Crippen molar-refractivity contribution in [2.24, 2.45) is 13.0 Å². The van der Waals surface area contributed by atoms with Crippen molar-refractivity contribution in [2.45, 2.75) is 63.8 Å². The molecule has 2 aromatic heterocycles. The minimum atomic E-state index is -2.51. The topological polar surface area (TPSA) is 72.3 Å². The third kappa shape index (κ3) is 7.43. The first kappa shape index (κ1) is 25.5. The highest BCUT2D eigenvalue weighted by molar-refractivity contribution is 5.78. The summed E-state index contributed by atoms with van der Waals surface area (Å²) in [7, 11) is 1.64. The summed E-state index contributed by atoms with van der Waals surface area (Å²) in [6, 6.07) is 3.78. The number of nitrogens with zero attached hydrogens (tertiary/aromatic N) is 4. The van der Waals surface area contributed by atoms with Crippen LogP contribution in [0.4, 0.5) is 13.2 Å². The zero-order valence-electron chi connectivity index (χ0n) is 20.2. The fourth-order valence-corrected chi connectivity index (χ4v) is 5.10. The third-order valence-corrected chi connectivity index (χ3v) is 7.03. The van der Waals surface area contributed by atoms with Crippen LogP contribution < -0.4 is 10.1 Å². The Kier molecular flexibility index (Phi) is 8.64. The largest absolute Gasteiger partial charge is 0.472 e. The minimum Gasteiger partial charge on any atom is -0.472 e. The Balaban J connectivity index is 1.16. The number of aromatic nitrogens is 3. The van der Waals surface area contributed by atoms with Crippen LogP contribution in [0.25, 0.3) is 0 Å². The van der Waals surface area contributed by atoms with E-state index in [0.717, 1.165) is 70.3 Å². The van der Waals surface area contributed by atoms with Crippen LogP contribution in [0.2, 0.25) is 0 Å². The van der Waals surface area contributed by atoms with Gasteiger partial charge in [0.2, 0.25) is 17.7 Å². The zero-order chi connectivity index (χ0) is 24.8. The number of pyridine rings is 1. The van der Waals surface area contributed by atoms with Crippen molar-refractivity contribution in [3.63, 3.8) is 0 Å². The van der Waals surface area contributed by atoms with Crippen LogP contribution in [0.1, 0.15) is 48.9 Å². The SMILES string of the molecule is Cn1cc(CC(=O)NC2CCC(CCN3CCc4ccc(OCC(F)F)nc4CC3)CC2)c(F)n1. The van der Waals surface area contributed by atoms with E-state index in [4.69, 9.17) is 4.74 Å². The molecule has 0 atom stereocenters. The van der Waals surface area contributed by atoms with Gasteiger partial charge in [0.15, 0.2) is 6.61 Å². The summed E-state index contributed by atoms with van der Waals surface area (Å²) in [5.74, 6) is 0.170. The summed E-state index contributed by atoms with van der Waals surface area (Å²) in [4.78, 5) is 19.2. The summed E-state index contributed by atoms with van der Waals surface area (Å²) in [5, 5.41) is 6.70. The van der Waals surface area contributed by atoms with Gasteiger partial charge in [0.05, 0.1) is 6.42 Å². The molecule has 2 aliphatic rings. The maximum atomic E-state index is 13.7. The van der Waals surface area contributed by atoms with Gasteiger partial charge in [-0.2, -0.15) is 4.39 Å². The molecule has 0 radical (unpaired) electrons. The Morgan fingerprint density at radius 2 is 1.97 bits per heavy atom. The minimum absolute atomic E-state index is 0.0195. The molecule has 0 aromatic carbocycles. The molecule has 1 saturated carbocycles. The van der Waals surface area contributed by atoms with E-state index in [1.54, 1.807) is 19.3 Å². The molecule has 2 aromatic rings. The number of amides is 1. The van der Waals surface area contributed by atoms with E-state index in [0.29, 0.717) is 11.5 Å². The summed E-state index contributed by atoms with van der Waals surface area (Å²) in [6.45, 7) is 2.24. The van der Waals surface area contributed by atoms with E-state index in [2.05, 4.69) is 20.3 Å². The summed E-state index contributed by atoms with van der Waals surface area (Å²) in [5.41, 5.74) is 2.44. The van der Waals surface area contributed by atoms with Crippen LogP contribution in [0.15, 0.2) is 18.3 Å². The molecule has 3 heterocycles. The molecule has 1 amide bonds. The molecular formula is C25H34F3N5O2. The second-order valence-electron chi connectivity index (χ2n) is 9.67. The normalized spacial score (nSPS) is 20.9. The van der Waals surface area contributed by atoms with Gasteiger partial charge < -0.3 is 15.0 Å². The van der Waals surface area contributed by atoms with Gasteiger partial charge in [0, 0.05) is 56.1 Å². The lowest BCUT2D eigenvalue weighted by atomic mass is 9.84. The van der Waals surface area contributed by atoms with Gasteiger partial charge in [-0.25, -0.2) is 13.8 Å². The van der Waals surface area contributed by atoms with E-state index >= 15 is 0 Å². The molecular weight excluding hydrogens is 459 g/mol. The molecule has 1 aliphatic carbocycles. The average molecular weight is 494 g/mol. The number of carbonyl (C=O) groups is 1. The number of alkyl halides is 2. The van der Waals surface area contributed by atoms with E-state index < -0.39 is 19.0 Å². The molecule has 35 heavy (non-hydrogen) atoms. The van der Waals surface area contributed by atoms with Crippen LogP contribution >= 0.6 is 0 Å². The zero-order valence-corrected chi connectivity index (χ0v) is 20.2. The Morgan fingerprint density at radius 3 is 2.69 bits per heavy atom. The number of fused-ring (bicyclic) bond motifs is 1. The molecule has 192 valence electrons. The van der Waals surface area contributed by atoms with Gasteiger partial charge in [-0.1, -0.05) is 6.07 Å². The maximum absolute atomic E-state index is 13.7. The van der Waals surface area contributed by atoms with Gasteiger partial charge in [-0.3, -0.25) is 9.48 Å². The summed E-state index contributed by atoms with van der Waals surface area (Å²) >= 11 is 0. The lowest BCUT2D eigenvalue weighted by molar-refractivity contribution is -0.121. The fraction of sp³-hybridized carbons (Fsp3) is 0.640. The Morgan fingerprint density at radius 1 is 1.20 bits per heavy atom. The lowest BCUT2D eigenvalue weighted by Crippen LogP contribution is -2.39. The first-order valence-corrected chi connectivity index (χ1v) is 12.4. The number of hydrogen-bond donors (Lipinski definition) is 1. The van der Waals surface area contributed by atoms with Crippen LogP contribution in [-0.4, -0.2) is 64.3 Å². The van der Waals surface area contributed by atoms with Crippen molar-refractivity contribution < 1.29 is 22.7 Å². The van der Waals surface area contributed by atoms with Crippen LogP contribution in [0.3, 0.4) is 0 Å². The Labute approximate surface area is 204 Å². The Bertz CT molecular complexity index is 991. The predicted octanol–water partition coefficient (Wildman–Crippen LogP) is 3.31. The molecule has 7 nitrogen and oxygen atoms in total. The van der Waals surface area contributed by atoms with Gasteiger partial charge in [-0.05, 0) is 56.6 Å². The van der Waals surface area contributed by atoms with E-state index in [1.807, 2.05) is 6.07 Å². The summed E-state index contributed by atoms with van der Waals surface area (Å²) < 4.78 is 44.9. The van der Waals surface area contributed by atoms with Crippen molar-refractivity contribution in [1.82, 2.24) is 25.0 Å². The van der Waals surface area contributed by atoms with E-state index in [-0.39, 0.29) is 24.2 Å². The maximum Gasteiger partial charge on any atom is 0.272 e. The van der Waals surface area contributed by atoms with Crippen LogP contribution in [0.5, 0.6) is 5.88 Å². The first-order chi connectivity index (χ1) is 16.9. The number of nitrogens with one attached hydrogen (secondary N) is 1. The quantitative estimate of drug-likeness (QED) is 0.581. The van der Waals surface area contributed by atoms with Crippen molar-refractivity contribution in [2.75, 3.05) is 26.2 Å². The van der Waals surface area contributed by atoms with Crippen molar-refractivity contribution >= 4 is 5.91 Å². The Hall–Kier alpha value is -2.62. The van der Waals surface area contributed by atoms with E-state index in [1.165, 1.54) is 10.2 Å². The van der Waals surface area contributed by atoms with Gasteiger partial charge >= 0.3 is 0 Å². The van der Waals surface area contributed by atoms with Crippen molar-refractivity contribution in [3.8, 4) is 5.88 Å². The monoisotopic (exact) mass is 493 g/mol. The van der Waals surface area contributed by atoms with Gasteiger partial charge in [-0.15, -0.1) is 5.10 Å². The number of carbonyl (C=O) groups excluding carboxylic acids is 1. The smallest absolute Gasteiger partial charge is 0.272 e. The van der Waals surface area contributed by atoms with Crippen molar-refractivity contribution in [1.29, 1.82) is 0 Å². The number of ether oxygens (including phenoxy) is 1. The molecule has 10 heteroatoms. The second-order valence-corrected chi connectivity index (χ2v) is 9.67. The van der Waals surface area contributed by atoms with Crippen LogP contribution in [-0.2, 0) is 31.1 Å².